The summed E-state index contributed by atoms with van der Waals surface area (Å²) in [5.41, 5.74) is -0.614. The summed E-state index contributed by atoms with van der Waals surface area (Å²) in [7, 11) is 3.21. The SMILES string of the molecule is CN1CC(=O)N(CCCC(=O)N(C)C(C)(C)CO)C1=O. The lowest BCUT2D eigenvalue weighted by molar-refractivity contribution is -0.136. The maximum atomic E-state index is 12.0. The van der Waals surface area contributed by atoms with E-state index in [-0.39, 0.29) is 44.0 Å². The number of carbonyl (C=O) groups is 3. The maximum absolute atomic E-state index is 12.0. The second-order valence-corrected chi connectivity index (χ2v) is 5.71. The molecule has 1 rings (SSSR count). The van der Waals surface area contributed by atoms with Crippen molar-refractivity contribution in [2.45, 2.75) is 32.2 Å². The highest BCUT2D eigenvalue weighted by atomic mass is 16.3. The van der Waals surface area contributed by atoms with Crippen LogP contribution >= 0.6 is 0 Å². The van der Waals surface area contributed by atoms with Gasteiger partial charge in [0.15, 0.2) is 0 Å². The van der Waals surface area contributed by atoms with Gasteiger partial charge >= 0.3 is 6.03 Å². The minimum Gasteiger partial charge on any atom is -0.394 e. The van der Waals surface area contributed by atoms with Crippen LogP contribution < -0.4 is 0 Å². The van der Waals surface area contributed by atoms with Gasteiger partial charge in [-0.25, -0.2) is 4.79 Å². The fraction of sp³-hybridized carbons (Fsp3) is 0.769. The first-order valence-electron chi connectivity index (χ1n) is 6.63. The molecule has 0 saturated carbocycles. The molecule has 1 N–H and O–H groups in total. The minimum atomic E-state index is -0.614. The van der Waals surface area contributed by atoms with Crippen molar-refractivity contribution in [3.8, 4) is 0 Å². The topological polar surface area (TPSA) is 81.2 Å². The van der Waals surface area contributed by atoms with Crippen molar-refractivity contribution in [3.63, 3.8) is 0 Å². The highest BCUT2D eigenvalue weighted by molar-refractivity contribution is 6.01. The number of imide groups is 1. The second-order valence-electron chi connectivity index (χ2n) is 5.71. The van der Waals surface area contributed by atoms with E-state index in [9.17, 15) is 19.5 Å². The molecule has 1 aliphatic rings. The summed E-state index contributed by atoms with van der Waals surface area (Å²) in [6, 6.07) is -0.313. The molecule has 0 aliphatic carbocycles. The van der Waals surface area contributed by atoms with E-state index < -0.39 is 5.54 Å². The van der Waals surface area contributed by atoms with Crippen LogP contribution in [0.3, 0.4) is 0 Å². The number of amides is 4. The molecule has 0 aromatic rings. The quantitative estimate of drug-likeness (QED) is 0.690. The van der Waals surface area contributed by atoms with E-state index in [0.717, 1.165) is 0 Å². The van der Waals surface area contributed by atoms with Gasteiger partial charge in [-0.1, -0.05) is 0 Å². The van der Waals surface area contributed by atoms with Gasteiger partial charge in [-0.2, -0.15) is 0 Å². The summed E-state index contributed by atoms with van der Waals surface area (Å²) >= 11 is 0. The van der Waals surface area contributed by atoms with Crippen LogP contribution in [0.1, 0.15) is 26.7 Å². The third-order valence-electron chi connectivity index (χ3n) is 3.67. The van der Waals surface area contributed by atoms with Crippen LogP contribution in [-0.4, -0.2) is 77.0 Å². The van der Waals surface area contributed by atoms with Crippen LogP contribution in [0.25, 0.3) is 0 Å². The number of likely N-dealkylation sites (N-methyl/N-ethyl adjacent to an activating group) is 2. The zero-order valence-corrected chi connectivity index (χ0v) is 12.5. The minimum absolute atomic E-state index is 0.101. The van der Waals surface area contributed by atoms with Gasteiger partial charge in [0, 0.05) is 27.1 Å². The monoisotopic (exact) mass is 285 g/mol. The Morgan fingerprint density at radius 1 is 1.40 bits per heavy atom. The first kappa shape index (κ1) is 16.4. The Hall–Kier alpha value is -1.63. The second kappa shape index (κ2) is 6.21. The number of aliphatic hydroxyl groups excluding tert-OH is 1. The van der Waals surface area contributed by atoms with Crippen LogP contribution in [0, 0.1) is 0 Å². The zero-order valence-electron chi connectivity index (χ0n) is 12.5. The molecule has 7 heteroatoms. The molecule has 1 saturated heterocycles. The lowest BCUT2D eigenvalue weighted by Crippen LogP contribution is -2.47. The number of carbonyl (C=O) groups excluding carboxylic acids is 3. The zero-order chi connectivity index (χ0) is 15.5. The molecule has 0 spiro atoms. The van der Waals surface area contributed by atoms with Crippen LogP contribution in [0.4, 0.5) is 4.79 Å². The summed E-state index contributed by atoms with van der Waals surface area (Å²) in [5.74, 6) is -0.342. The van der Waals surface area contributed by atoms with Crippen LogP contribution in [0.5, 0.6) is 0 Å². The van der Waals surface area contributed by atoms with Gasteiger partial charge in [-0.3, -0.25) is 14.5 Å². The normalized spacial score (nSPS) is 16.1. The van der Waals surface area contributed by atoms with Crippen LogP contribution in [0.15, 0.2) is 0 Å². The summed E-state index contributed by atoms with van der Waals surface area (Å²) in [6.07, 6.45) is 0.663. The fourth-order valence-electron chi connectivity index (χ4n) is 1.89. The molecule has 0 aromatic carbocycles. The first-order valence-corrected chi connectivity index (χ1v) is 6.63. The number of urea groups is 1. The summed E-state index contributed by atoms with van der Waals surface area (Å²) < 4.78 is 0. The largest absolute Gasteiger partial charge is 0.394 e. The summed E-state index contributed by atoms with van der Waals surface area (Å²) in [4.78, 5) is 39.2. The number of hydrogen-bond acceptors (Lipinski definition) is 4. The predicted molar refractivity (Wildman–Crippen MR) is 72.9 cm³/mol. The Kier molecular flexibility index (Phi) is 5.10. The van der Waals surface area contributed by atoms with Crippen molar-refractivity contribution in [1.82, 2.24) is 14.7 Å². The van der Waals surface area contributed by atoms with Gasteiger partial charge < -0.3 is 14.9 Å². The van der Waals surface area contributed by atoms with Gasteiger partial charge in [-0.05, 0) is 20.3 Å². The number of hydrogen-bond donors (Lipinski definition) is 1. The number of rotatable bonds is 6. The third kappa shape index (κ3) is 3.47. The summed E-state index contributed by atoms with van der Waals surface area (Å²) in [5, 5.41) is 9.21. The Bertz CT molecular complexity index is 408. The Morgan fingerprint density at radius 3 is 2.45 bits per heavy atom. The van der Waals surface area contributed by atoms with E-state index in [1.807, 2.05) is 0 Å². The van der Waals surface area contributed by atoms with Crippen molar-refractivity contribution in [2.24, 2.45) is 0 Å². The van der Waals surface area contributed by atoms with Gasteiger partial charge in [0.1, 0.15) is 6.54 Å². The van der Waals surface area contributed by atoms with E-state index in [1.165, 1.54) is 14.7 Å². The van der Waals surface area contributed by atoms with E-state index in [0.29, 0.717) is 6.42 Å². The van der Waals surface area contributed by atoms with Crippen molar-refractivity contribution < 1.29 is 19.5 Å². The van der Waals surface area contributed by atoms with E-state index in [2.05, 4.69) is 0 Å². The highest BCUT2D eigenvalue weighted by Crippen LogP contribution is 2.14. The molecule has 114 valence electrons. The molecule has 0 bridgehead atoms. The lowest BCUT2D eigenvalue weighted by atomic mass is 10.0. The molecule has 1 heterocycles. The standard InChI is InChI=1S/C13H23N3O4/c1-13(2,9-17)15(4)10(18)6-5-7-16-11(19)8-14(3)12(16)20/h17H,5-9H2,1-4H3. The molecule has 0 atom stereocenters. The van der Waals surface area contributed by atoms with Crippen LogP contribution in [0.2, 0.25) is 0 Å². The molecule has 0 unspecified atom stereocenters. The fourth-order valence-corrected chi connectivity index (χ4v) is 1.89. The molecule has 1 aliphatic heterocycles. The highest BCUT2D eigenvalue weighted by Gasteiger charge is 2.33. The molecule has 4 amide bonds. The van der Waals surface area contributed by atoms with Gasteiger partial charge in [0.25, 0.3) is 0 Å². The lowest BCUT2D eigenvalue weighted by Gasteiger charge is -2.34. The van der Waals surface area contributed by atoms with Crippen molar-refractivity contribution in [2.75, 3.05) is 33.8 Å². The molecule has 1 fully saturated rings. The molecular formula is C13H23N3O4. The van der Waals surface area contributed by atoms with Crippen molar-refractivity contribution in [3.05, 3.63) is 0 Å². The first-order chi connectivity index (χ1) is 9.20. The molecule has 0 radical (unpaired) electrons. The third-order valence-corrected chi connectivity index (χ3v) is 3.67. The molecule has 20 heavy (non-hydrogen) atoms. The van der Waals surface area contributed by atoms with Crippen molar-refractivity contribution in [1.29, 1.82) is 0 Å². The van der Waals surface area contributed by atoms with E-state index in [4.69, 9.17) is 0 Å². The van der Waals surface area contributed by atoms with E-state index in [1.54, 1.807) is 27.9 Å². The molecule has 0 aromatic heterocycles. The average Bonchev–Trinajstić information content (AvgIpc) is 2.63. The number of aliphatic hydroxyl groups is 1. The maximum Gasteiger partial charge on any atom is 0.326 e. The Labute approximate surface area is 119 Å². The van der Waals surface area contributed by atoms with Gasteiger partial charge in [0.2, 0.25) is 11.8 Å². The van der Waals surface area contributed by atoms with Crippen LogP contribution in [-0.2, 0) is 9.59 Å². The Morgan fingerprint density at radius 2 is 2.00 bits per heavy atom. The average molecular weight is 285 g/mol. The number of nitrogens with zero attached hydrogens (tertiary/aromatic N) is 3. The predicted octanol–water partition coefficient (Wildman–Crippen LogP) is -0.110. The smallest absolute Gasteiger partial charge is 0.326 e. The van der Waals surface area contributed by atoms with E-state index >= 15 is 0 Å². The van der Waals surface area contributed by atoms with Crippen molar-refractivity contribution >= 4 is 17.8 Å². The molecular weight excluding hydrogens is 262 g/mol. The Balaban J connectivity index is 2.43. The van der Waals surface area contributed by atoms with Gasteiger partial charge in [0.05, 0.1) is 12.1 Å². The summed E-state index contributed by atoms with van der Waals surface area (Å²) in [6.45, 7) is 3.77. The van der Waals surface area contributed by atoms with Gasteiger partial charge in [-0.15, -0.1) is 0 Å². The molecule has 7 nitrogen and oxygen atoms in total.